The summed E-state index contributed by atoms with van der Waals surface area (Å²) in [6.07, 6.45) is -0.0121. The number of methoxy groups -OCH3 is 1. The molecule has 2 rings (SSSR count). The van der Waals surface area contributed by atoms with E-state index in [0.29, 0.717) is 5.69 Å². The van der Waals surface area contributed by atoms with E-state index in [4.69, 9.17) is 0 Å². The average molecular weight is 297 g/mol. The summed E-state index contributed by atoms with van der Waals surface area (Å²) in [4.78, 5) is 24.8. The molecule has 0 aliphatic carbocycles. The highest BCUT2D eigenvalue weighted by Gasteiger charge is 2.31. The van der Waals surface area contributed by atoms with Crippen molar-refractivity contribution in [2.45, 2.75) is 17.7 Å². The maximum atomic E-state index is 12.1. The molecule has 0 aromatic heterocycles. The molecule has 6 nitrogen and oxygen atoms in total. The molecular weight excluding hydrogens is 282 g/mol. The first-order valence-corrected chi connectivity index (χ1v) is 7.80. The standard InChI is InChI=1S/C13H15NO5S/c1-19-13(16)7-6-12(15)14-8-9-20(17,18)11-5-3-2-4-10(11)14/h2-5H,6-9H2,1H3. The number of benzene rings is 1. The van der Waals surface area contributed by atoms with Gasteiger partial charge in [-0.1, -0.05) is 12.1 Å². The second-order valence-electron chi connectivity index (χ2n) is 4.41. The van der Waals surface area contributed by atoms with E-state index in [0.717, 1.165) is 0 Å². The maximum absolute atomic E-state index is 12.1. The van der Waals surface area contributed by atoms with E-state index >= 15 is 0 Å². The minimum Gasteiger partial charge on any atom is -0.469 e. The van der Waals surface area contributed by atoms with Crippen molar-refractivity contribution in [3.8, 4) is 0 Å². The van der Waals surface area contributed by atoms with Gasteiger partial charge in [0, 0.05) is 13.0 Å². The number of hydrogen-bond donors (Lipinski definition) is 0. The van der Waals surface area contributed by atoms with Gasteiger partial charge in [0.05, 0.1) is 29.9 Å². The molecule has 108 valence electrons. The summed E-state index contributed by atoms with van der Waals surface area (Å²) in [6.45, 7) is 0.110. The molecule has 7 heteroatoms. The molecule has 0 saturated heterocycles. The first-order chi connectivity index (χ1) is 9.45. The zero-order chi connectivity index (χ0) is 14.8. The molecule has 0 atom stereocenters. The SMILES string of the molecule is COC(=O)CCC(=O)N1CCS(=O)(=O)c2ccccc21. The van der Waals surface area contributed by atoms with Crippen molar-refractivity contribution in [1.82, 2.24) is 0 Å². The number of hydrogen-bond acceptors (Lipinski definition) is 5. The largest absolute Gasteiger partial charge is 0.469 e. The monoisotopic (exact) mass is 297 g/mol. The highest BCUT2D eigenvalue weighted by Crippen LogP contribution is 2.30. The van der Waals surface area contributed by atoms with Gasteiger partial charge in [-0.25, -0.2) is 8.42 Å². The third-order valence-electron chi connectivity index (χ3n) is 3.15. The molecule has 0 spiro atoms. The molecule has 0 fully saturated rings. The van der Waals surface area contributed by atoms with Crippen molar-refractivity contribution in [2.75, 3.05) is 24.3 Å². The summed E-state index contributed by atoms with van der Waals surface area (Å²) in [5.74, 6) is -0.845. The fourth-order valence-electron chi connectivity index (χ4n) is 2.09. The molecule has 1 aromatic carbocycles. The van der Waals surface area contributed by atoms with Crippen molar-refractivity contribution < 1.29 is 22.7 Å². The molecule has 0 saturated carbocycles. The summed E-state index contributed by atoms with van der Waals surface area (Å²) in [5.41, 5.74) is 0.383. The van der Waals surface area contributed by atoms with Crippen molar-refractivity contribution in [1.29, 1.82) is 0 Å². The summed E-state index contributed by atoms with van der Waals surface area (Å²) >= 11 is 0. The number of fused-ring (bicyclic) bond motifs is 1. The quantitative estimate of drug-likeness (QED) is 0.769. The second kappa shape index (κ2) is 5.62. The summed E-state index contributed by atoms with van der Waals surface area (Å²) in [7, 11) is -2.07. The van der Waals surface area contributed by atoms with Crippen LogP contribution >= 0.6 is 0 Å². The second-order valence-corrected chi connectivity index (χ2v) is 6.49. The highest BCUT2D eigenvalue weighted by atomic mass is 32.2. The number of carbonyl (C=O) groups excluding carboxylic acids is 2. The van der Waals surface area contributed by atoms with Crippen LogP contribution in [-0.4, -0.2) is 39.7 Å². The molecule has 0 radical (unpaired) electrons. The molecule has 0 unspecified atom stereocenters. The van der Waals surface area contributed by atoms with Crippen LogP contribution in [0.5, 0.6) is 0 Å². The Morgan fingerprint density at radius 1 is 1.25 bits per heavy atom. The molecule has 1 heterocycles. The average Bonchev–Trinajstić information content (AvgIpc) is 2.44. The molecule has 1 aliphatic heterocycles. The lowest BCUT2D eigenvalue weighted by molar-refractivity contribution is -0.141. The fourth-order valence-corrected chi connectivity index (χ4v) is 3.52. The smallest absolute Gasteiger partial charge is 0.306 e. The van der Waals surface area contributed by atoms with Crippen LogP contribution in [-0.2, 0) is 24.2 Å². The van der Waals surface area contributed by atoms with Gasteiger partial charge < -0.3 is 9.64 Å². The Morgan fingerprint density at radius 2 is 1.95 bits per heavy atom. The number of para-hydroxylation sites is 1. The Bertz CT molecular complexity index is 638. The lowest BCUT2D eigenvalue weighted by Gasteiger charge is -2.29. The van der Waals surface area contributed by atoms with Gasteiger partial charge in [-0.3, -0.25) is 9.59 Å². The van der Waals surface area contributed by atoms with Crippen LogP contribution < -0.4 is 4.90 Å². The highest BCUT2D eigenvalue weighted by molar-refractivity contribution is 7.91. The van der Waals surface area contributed by atoms with Gasteiger partial charge >= 0.3 is 5.97 Å². The van der Waals surface area contributed by atoms with Crippen LogP contribution in [0, 0.1) is 0 Å². The molecule has 20 heavy (non-hydrogen) atoms. The number of esters is 1. The van der Waals surface area contributed by atoms with Crippen LogP contribution in [0.25, 0.3) is 0 Å². The van der Waals surface area contributed by atoms with Crippen LogP contribution in [0.4, 0.5) is 5.69 Å². The Labute approximate surface area is 117 Å². The first kappa shape index (κ1) is 14.5. The van der Waals surface area contributed by atoms with Crippen molar-refractivity contribution in [2.24, 2.45) is 0 Å². The maximum Gasteiger partial charge on any atom is 0.306 e. The number of carbonyl (C=O) groups is 2. The summed E-state index contributed by atoms with van der Waals surface area (Å²) < 4.78 is 28.4. The number of nitrogens with zero attached hydrogens (tertiary/aromatic N) is 1. The first-order valence-electron chi connectivity index (χ1n) is 6.14. The van der Waals surface area contributed by atoms with E-state index in [1.807, 2.05) is 0 Å². The third kappa shape index (κ3) is 2.82. The van der Waals surface area contributed by atoms with Crippen LogP contribution in [0.15, 0.2) is 29.2 Å². The predicted molar refractivity (Wildman–Crippen MR) is 72.1 cm³/mol. The van der Waals surface area contributed by atoms with Crippen LogP contribution in [0.3, 0.4) is 0 Å². The predicted octanol–water partition coefficient (Wildman–Crippen LogP) is 0.760. The number of sulfone groups is 1. The van der Waals surface area contributed by atoms with Gasteiger partial charge in [-0.15, -0.1) is 0 Å². The van der Waals surface area contributed by atoms with Crippen LogP contribution in [0.1, 0.15) is 12.8 Å². The third-order valence-corrected chi connectivity index (χ3v) is 4.88. The molecular formula is C13H15NO5S. The summed E-state index contributed by atoms with van der Waals surface area (Å²) in [5, 5.41) is 0. The summed E-state index contributed by atoms with van der Waals surface area (Å²) in [6, 6.07) is 6.39. The van der Waals surface area contributed by atoms with E-state index in [9.17, 15) is 18.0 Å². The van der Waals surface area contributed by atoms with E-state index in [2.05, 4.69) is 4.74 Å². The zero-order valence-electron chi connectivity index (χ0n) is 11.0. The lowest BCUT2D eigenvalue weighted by atomic mass is 10.2. The minimum absolute atomic E-state index is 0.00105. The van der Waals surface area contributed by atoms with Crippen LogP contribution in [0.2, 0.25) is 0 Å². The van der Waals surface area contributed by atoms with E-state index in [1.165, 1.54) is 18.1 Å². The van der Waals surface area contributed by atoms with Gasteiger partial charge in [0.15, 0.2) is 9.84 Å². The number of anilines is 1. The van der Waals surface area contributed by atoms with Gasteiger partial charge in [0.2, 0.25) is 5.91 Å². The van der Waals surface area contributed by atoms with Crippen molar-refractivity contribution in [3.63, 3.8) is 0 Å². The zero-order valence-corrected chi connectivity index (χ0v) is 11.9. The molecule has 1 aromatic rings. The number of amides is 1. The van der Waals surface area contributed by atoms with Gasteiger partial charge in [-0.2, -0.15) is 0 Å². The van der Waals surface area contributed by atoms with Gasteiger partial charge in [0.1, 0.15) is 0 Å². The Hall–Kier alpha value is -1.89. The molecule has 1 aliphatic rings. The Kier molecular flexibility index (Phi) is 4.08. The Morgan fingerprint density at radius 3 is 2.65 bits per heavy atom. The van der Waals surface area contributed by atoms with E-state index < -0.39 is 15.8 Å². The van der Waals surface area contributed by atoms with E-state index in [1.54, 1.807) is 18.2 Å². The molecule has 1 amide bonds. The van der Waals surface area contributed by atoms with E-state index in [-0.39, 0.29) is 35.9 Å². The van der Waals surface area contributed by atoms with Gasteiger partial charge in [-0.05, 0) is 12.1 Å². The van der Waals surface area contributed by atoms with Crippen molar-refractivity contribution in [3.05, 3.63) is 24.3 Å². The molecule has 0 N–H and O–H groups in total. The van der Waals surface area contributed by atoms with Gasteiger partial charge in [0.25, 0.3) is 0 Å². The molecule has 0 bridgehead atoms. The van der Waals surface area contributed by atoms with Crippen molar-refractivity contribution >= 4 is 27.4 Å². The fraction of sp³-hybridized carbons (Fsp3) is 0.385. The lowest BCUT2D eigenvalue weighted by Crippen LogP contribution is -2.39. The number of rotatable bonds is 3. The topological polar surface area (TPSA) is 80.8 Å². The number of ether oxygens (including phenoxy) is 1. The minimum atomic E-state index is -3.33. The Balaban J connectivity index is 2.22. The normalized spacial score (nSPS) is 16.4.